The Morgan fingerprint density at radius 1 is 1.47 bits per heavy atom. The van der Waals surface area contributed by atoms with Crippen molar-refractivity contribution < 1.29 is 9.90 Å². The van der Waals surface area contributed by atoms with E-state index >= 15 is 0 Å². The van der Waals surface area contributed by atoms with Gasteiger partial charge in [0.15, 0.2) is 0 Å². The summed E-state index contributed by atoms with van der Waals surface area (Å²) in [6.45, 7) is 6.48. The Kier molecular flexibility index (Phi) is 3.44. The second-order valence-electron chi connectivity index (χ2n) is 5.97. The minimum absolute atomic E-state index is 0.102. The van der Waals surface area contributed by atoms with Gasteiger partial charge in [0.2, 0.25) is 0 Å². The van der Waals surface area contributed by atoms with Crippen molar-refractivity contribution in [3.05, 3.63) is 0 Å². The average Bonchev–Trinajstić information content (AvgIpc) is 1.99. The third-order valence-corrected chi connectivity index (χ3v) is 3.60. The molecule has 3 N–H and O–H groups in total. The molecule has 0 heterocycles. The van der Waals surface area contributed by atoms with Crippen LogP contribution >= 0.6 is 0 Å². The maximum absolute atomic E-state index is 10.9. The Hall–Kier alpha value is -0.570. The second-order valence-corrected chi connectivity index (χ2v) is 5.97. The molecule has 1 fully saturated rings. The number of hydrogen-bond donors (Lipinski definition) is 2. The Morgan fingerprint density at radius 3 is 2.53 bits per heavy atom. The molecule has 0 bridgehead atoms. The normalized spacial score (nSPS) is 32.7. The summed E-state index contributed by atoms with van der Waals surface area (Å²) in [5, 5.41) is 8.93. The zero-order valence-electron chi connectivity index (χ0n) is 10.0. The fraction of sp³-hybridized carbons (Fsp3) is 0.917. The SMILES string of the molecule is CC(C)(C)C1CCCCC1(N)CC(=O)O. The van der Waals surface area contributed by atoms with Crippen molar-refractivity contribution in [1.82, 2.24) is 0 Å². The molecule has 3 nitrogen and oxygen atoms in total. The highest BCUT2D eigenvalue weighted by Gasteiger charge is 2.44. The fourth-order valence-electron chi connectivity index (χ4n) is 3.05. The molecule has 0 aromatic heterocycles. The first kappa shape index (κ1) is 12.5. The molecule has 1 aliphatic carbocycles. The molecule has 88 valence electrons. The number of carboxylic acids is 1. The molecule has 1 saturated carbocycles. The lowest BCUT2D eigenvalue weighted by Gasteiger charge is -2.47. The van der Waals surface area contributed by atoms with E-state index in [1.165, 1.54) is 6.42 Å². The van der Waals surface area contributed by atoms with E-state index in [2.05, 4.69) is 20.8 Å². The smallest absolute Gasteiger partial charge is 0.305 e. The van der Waals surface area contributed by atoms with E-state index in [0.717, 1.165) is 19.3 Å². The first-order chi connectivity index (χ1) is 6.76. The summed E-state index contributed by atoms with van der Waals surface area (Å²) < 4.78 is 0. The maximum Gasteiger partial charge on any atom is 0.305 e. The topological polar surface area (TPSA) is 63.3 Å². The molecule has 0 amide bonds. The summed E-state index contributed by atoms with van der Waals surface area (Å²) in [6.07, 6.45) is 4.26. The van der Waals surface area contributed by atoms with Crippen LogP contribution in [-0.2, 0) is 4.79 Å². The van der Waals surface area contributed by atoms with Crippen LogP contribution in [0.15, 0.2) is 0 Å². The first-order valence-corrected chi connectivity index (χ1v) is 5.76. The summed E-state index contributed by atoms with van der Waals surface area (Å²) in [5.41, 5.74) is 5.91. The monoisotopic (exact) mass is 213 g/mol. The Labute approximate surface area is 92.0 Å². The van der Waals surface area contributed by atoms with Gasteiger partial charge >= 0.3 is 5.97 Å². The largest absolute Gasteiger partial charge is 0.481 e. The highest BCUT2D eigenvalue weighted by molar-refractivity contribution is 5.68. The lowest BCUT2D eigenvalue weighted by molar-refractivity contribution is -0.140. The molecule has 0 radical (unpaired) electrons. The van der Waals surface area contributed by atoms with E-state index in [1.54, 1.807) is 0 Å². The van der Waals surface area contributed by atoms with E-state index in [0.29, 0.717) is 5.92 Å². The van der Waals surface area contributed by atoms with Gasteiger partial charge < -0.3 is 10.8 Å². The number of carbonyl (C=O) groups is 1. The molecule has 0 aromatic rings. The van der Waals surface area contributed by atoms with Crippen molar-refractivity contribution in [3.63, 3.8) is 0 Å². The molecule has 1 rings (SSSR count). The fourth-order valence-corrected chi connectivity index (χ4v) is 3.05. The predicted molar refractivity (Wildman–Crippen MR) is 60.6 cm³/mol. The molecular weight excluding hydrogens is 190 g/mol. The number of rotatable bonds is 2. The highest BCUT2D eigenvalue weighted by atomic mass is 16.4. The van der Waals surface area contributed by atoms with Crippen LogP contribution in [0.2, 0.25) is 0 Å². The van der Waals surface area contributed by atoms with E-state index in [1.807, 2.05) is 0 Å². The predicted octanol–water partition coefficient (Wildman–Crippen LogP) is 2.39. The summed E-state index contributed by atoms with van der Waals surface area (Å²) in [7, 11) is 0. The van der Waals surface area contributed by atoms with Gasteiger partial charge in [0.25, 0.3) is 0 Å². The molecule has 0 saturated heterocycles. The average molecular weight is 213 g/mol. The quantitative estimate of drug-likeness (QED) is 0.740. The van der Waals surface area contributed by atoms with E-state index in [4.69, 9.17) is 10.8 Å². The molecule has 2 unspecified atom stereocenters. The van der Waals surface area contributed by atoms with Gasteiger partial charge in [-0.3, -0.25) is 4.79 Å². The Bertz CT molecular complexity index is 244. The summed E-state index contributed by atoms with van der Waals surface area (Å²) in [4.78, 5) is 10.9. The minimum Gasteiger partial charge on any atom is -0.481 e. The van der Waals surface area contributed by atoms with Gasteiger partial charge in [-0.15, -0.1) is 0 Å². The minimum atomic E-state index is -0.770. The van der Waals surface area contributed by atoms with E-state index in [-0.39, 0.29) is 11.8 Å². The molecule has 3 heteroatoms. The van der Waals surface area contributed by atoms with Crippen LogP contribution in [0.5, 0.6) is 0 Å². The molecule has 2 atom stereocenters. The molecular formula is C12H23NO2. The van der Waals surface area contributed by atoms with Crippen LogP contribution in [0.1, 0.15) is 52.9 Å². The third-order valence-electron chi connectivity index (χ3n) is 3.60. The van der Waals surface area contributed by atoms with Crippen molar-refractivity contribution in [2.45, 2.75) is 58.4 Å². The van der Waals surface area contributed by atoms with Crippen LogP contribution in [0.3, 0.4) is 0 Å². The highest BCUT2D eigenvalue weighted by Crippen LogP contribution is 2.44. The van der Waals surface area contributed by atoms with Gasteiger partial charge in [0.05, 0.1) is 6.42 Å². The molecule has 1 aliphatic rings. The van der Waals surface area contributed by atoms with Gasteiger partial charge in [-0.05, 0) is 24.2 Å². The molecule has 0 aromatic carbocycles. The molecule has 15 heavy (non-hydrogen) atoms. The molecule has 0 aliphatic heterocycles. The van der Waals surface area contributed by atoms with Crippen LogP contribution in [0.25, 0.3) is 0 Å². The molecule has 0 spiro atoms. The first-order valence-electron chi connectivity index (χ1n) is 5.76. The summed E-state index contributed by atoms with van der Waals surface area (Å²) >= 11 is 0. The Balaban J connectivity index is 2.85. The maximum atomic E-state index is 10.9. The Morgan fingerprint density at radius 2 is 2.07 bits per heavy atom. The summed E-state index contributed by atoms with van der Waals surface area (Å²) in [5.74, 6) is -0.455. The number of nitrogens with two attached hydrogens (primary N) is 1. The second kappa shape index (κ2) is 4.12. The lowest BCUT2D eigenvalue weighted by atomic mass is 9.61. The van der Waals surface area contributed by atoms with Gasteiger partial charge in [-0.2, -0.15) is 0 Å². The van der Waals surface area contributed by atoms with Crippen molar-refractivity contribution in [2.75, 3.05) is 0 Å². The van der Waals surface area contributed by atoms with Gasteiger partial charge in [-0.1, -0.05) is 33.6 Å². The van der Waals surface area contributed by atoms with Crippen LogP contribution in [0.4, 0.5) is 0 Å². The van der Waals surface area contributed by atoms with Crippen molar-refractivity contribution in [1.29, 1.82) is 0 Å². The zero-order chi connectivity index (χ0) is 11.7. The number of hydrogen-bond acceptors (Lipinski definition) is 2. The van der Waals surface area contributed by atoms with Crippen LogP contribution in [-0.4, -0.2) is 16.6 Å². The third kappa shape index (κ3) is 2.94. The van der Waals surface area contributed by atoms with Crippen molar-refractivity contribution in [3.8, 4) is 0 Å². The van der Waals surface area contributed by atoms with E-state index < -0.39 is 11.5 Å². The zero-order valence-corrected chi connectivity index (χ0v) is 10.0. The standard InChI is InChI=1S/C12H23NO2/c1-11(2,3)9-6-4-5-7-12(9,13)8-10(14)15/h9H,4-8,13H2,1-3H3,(H,14,15). The lowest BCUT2D eigenvalue weighted by Crippen LogP contribution is -2.54. The van der Waals surface area contributed by atoms with Crippen LogP contribution in [0, 0.1) is 11.3 Å². The van der Waals surface area contributed by atoms with Gasteiger partial charge in [0.1, 0.15) is 0 Å². The van der Waals surface area contributed by atoms with Crippen molar-refractivity contribution in [2.24, 2.45) is 17.1 Å². The van der Waals surface area contributed by atoms with Gasteiger partial charge in [0, 0.05) is 5.54 Å². The summed E-state index contributed by atoms with van der Waals surface area (Å²) in [6, 6.07) is 0. The number of carboxylic acid groups (broad SMARTS) is 1. The van der Waals surface area contributed by atoms with Crippen LogP contribution < -0.4 is 5.73 Å². The van der Waals surface area contributed by atoms with E-state index in [9.17, 15) is 4.79 Å². The van der Waals surface area contributed by atoms with Gasteiger partial charge in [-0.25, -0.2) is 0 Å². The van der Waals surface area contributed by atoms with Crippen molar-refractivity contribution >= 4 is 5.97 Å². The number of aliphatic carboxylic acids is 1.